The van der Waals surface area contributed by atoms with Crippen LogP contribution >= 0.6 is 0 Å². The second-order valence-electron chi connectivity index (χ2n) is 9.04. The molecule has 1 aromatic heterocycles. The fourth-order valence-corrected chi connectivity index (χ4v) is 3.80. The fraction of sp³-hybridized carbons (Fsp3) is 0.400. The topological polar surface area (TPSA) is 110 Å². The molecule has 0 saturated heterocycles. The Kier molecular flexibility index (Phi) is 7.00. The number of rotatable bonds is 9. The summed E-state index contributed by atoms with van der Waals surface area (Å²) in [5, 5.41) is 18.8. The standard InChI is InChI=1S/C25H30FN7O.H2/c1-16(10-21(11-17(2)26)32-13-19(29-15-32)12-18-6-7-18)25(34)31-23-5-3-4-22(30-23)24(28)33(14-27)20-8-9-20;/h3,5,10-11,13-15,18,20,22,27-28H,2,4,6-9,12H2,1H3,(H,30,31,34);1H/b16-10+,21-11+,27-14?,28-24?;. The number of dihydropyridines is 1. The quantitative estimate of drug-likeness (QED) is 0.219. The molecule has 1 unspecified atom stereocenters. The van der Waals surface area contributed by atoms with Gasteiger partial charge in [0.25, 0.3) is 5.91 Å². The molecular weight excluding hydrogens is 433 g/mol. The number of aromatic nitrogens is 2. The van der Waals surface area contributed by atoms with Crippen molar-refractivity contribution < 1.29 is 10.6 Å². The molecule has 0 spiro atoms. The molecule has 2 saturated carbocycles. The molecule has 0 bridgehead atoms. The second kappa shape index (κ2) is 10.1. The molecule has 3 aliphatic rings. The molecule has 2 heterocycles. The Morgan fingerprint density at radius 1 is 1.38 bits per heavy atom. The number of hydrogen-bond acceptors (Lipinski definition) is 5. The van der Waals surface area contributed by atoms with Crippen LogP contribution in [0.4, 0.5) is 4.39 Å². The van der Waals surface area contributed by atoms with Gasteiger partial charge in [0.05, 0.1) is 18.4 Å². The third kappa shape index (κ3) is 6.03. The predicted molar refractivity (Wildman–Crippen MR) is 134 cm³/mol. The summed E-state index contributed by atoms with van der Waals surface area (Å²) in [7, 11) is 0. The summed E-state index contributed by atoms with van der Waals surface area (Å²) in [5.74, 6) is 0.295. The van der Waals surface area contributed by atoms with Gasteiger partial charge in [-0.1, -0.05) is 12.7 Å². The molecule has 0 aromatic carbocycles. The van der Waals surface area contributed by atoms with Gasteiger partial charge in [0.1, 0.15) is 23.5 Å². The van der Waals surface area contributed by atoms with Crippen LogP contribution in [0.15, 0.2) is 59.8 Å². The Morgan fingerprint density at radius 3 is 2.79 bits per heavy atom. The lowest BCUT2D eigenvalue weighted by Gasteiger charge is -2.25. The van der Waals surface area contributed by atoms with E-state index in [2.05, 4.69) is 21.9 Å². The Balaban J connectivity index is 0.00000342. The lowest BCUT2D eigenvalue weighted by Crippen LogP contribution is -2.41. The van der Waals surface area contributed by atoms with E-state index in [9.17, 15) is 9.18 Å². The first-order valence-corrected chi connectivity index (χ1v) is 11.5. The van der Waals surface area contributed by atoms with Crippen molar-refractivity contribution in [2.24, 2.45) is 10.9 Å². The summed E-state index contributed by atoms with van der Waals surface area (Å²) in [6, 6.07) is -0.245. The van der Waals surface area contributed by atoms with Crippen LogP contribution in [0, 0.1) is 16.7 Å². The van der Waals surface area contributed by atoms with E-state index in [4.69, 9.17) is 10.8 Å². The monoisotopic (exact) mass is 465 g/mol. The van der Waals surface area contributed by atoms with Crippen LogP contribution in [0.3, 0.4) is 0 Å². The van der Waals surface area contributed by atoms with E-state index in [1.54, 1.807) is 34.9 Å². The number of amidine groups is 2. The summed E-state index contributed by atoms with van der Waals surface area (Å²) < 4.78 is 15.4. The Morgan fingerprint density at radius 2 is 2.15 bits per heavy atom. The largest absolute Gasteiger partial charge is 0.317 e. The molecular formula is C25H32FN7O. The minimum absolute atomic E-state index is 0. The van der Waals surface area contributed by atoms with Gasteiger partial charge < -0.3 is 14.8 Å². The molecule has 1 amide bonds. The van der Waals surface area contributed by atoms with E-state index >= 15 is 0 Å². The van der Waals surface area contributed by atoms with Gasteiger partial charge in [0, 0.05) is 24.9 Å². The minimum atomic E-state index is -0.621. The van der Waals surface area contributed by atoms with Gasteiger partial charge in [-0.3, -0.25) is 20.6 Å². The van der Waals surface area contributed by atoms with E-state index in [1.165, 1.54) is 25.3 Å². The van der Waals surface area contributed by atoms with E-state index in [-0.39, 0.29) is 19.2 Å². The average Bonchev–Trinajstić information content (AvgIpc) is 3.73. The first-order valence-electron chi connectivity index (χ1n) is 11.5. The van der Waals surface area contributed by atoms with Gasteiger partial charge in [-0.25, -0.2) is 9.37 Å². The average molecular weight is 466 g/mol. The number of aliphatic imine (C=N–C) groups is 1. The smallest absolute Gasteiger partial charge is 0.252 e. The summed E-state index contributed by atoms with van der Waals surface area (Å²) in [6.45, 7) is 4.96. The fourth-order valence-electron chi connectivity index (χ4n) is 3.80. The number of carbonyl (C=O) groups excluding carboxylic acids is 1. The van der Waals surface area contributed by atoms with Crippen LogP contribution in [0.5, 0.6) is 0 Å². The lowest BCUT2D eigenvalue weighted by molar-refractivity contribution is -0.116. The molecule has 3 N–H and O–H groups in total. The first-order chi connectivity index (χ1) is 16.3. The van der Waals surface area contributed by atoms with Crippen molar-refractivity contribution in [2.45, 2.75) is 57.5 Å². The maximum Gasteiger partial charge on any atom is 0.252 e. The number of imidazole rings is 1. The third-order valence-corrected chi connectivity index (χ3v) is 6.00. The number of hydrogen-bond donors (Lipinski definition) is 3. The van der Waals surface area contributed by atoms with Crippen molar-refractivity contribution in [1.29, 1.82) is 10.8 Å². The van der Waals surface area contributed by atoms with Crippen molar-refractivity contribution in [2.75, 3.05) is 0 Å². The number of nitrogens with one attached hydrogen (secondary N) is 3. The molecule has 2 fully saturated rings. The maximum absolute atomic E-state index is 13.7. The summed E-state index contributed by atoms with van der Waals surface area (Å²) in [4.78, 5) is 23.4. The highest BCUT2D eigenvalue weighted by Gasteiger charge is 2.33. The van der Waals surface area contributed by atoms with Gasteiger partial charge >= 0.3 is 0 Å². The van der Waals surface area contributed by atoms with Crippen molar-refractivity contribution in [1.82, 2.24) is 19.8 Å². The molecule has 1 aromatic rings. The van der Waals surface area contributed by atoms with Gasteiger partial charge in [-0.05, 0) is 69.6 Å². The second-order valence-corrected chi connectivity index (χ2v) is 9.04. The zero-order valence-electron chi connectivity index (χ0n) is 19.3. The van der Waals surface area contributed by atoms with E-state index < -0.39 is 11.9 Å². The first kappa shape index (κ1) is 23.5. The lowest BCUT2D eigenvalue weighted by atomic mass is 10.1. The van der Waals surface area contributed by atoms with Crippen molar-refractivity contribution in [3.05, 3.63) is 60.5 Å². The molecule has 1 aliphatic heterocycles. The van der Waals surface area contributed by atoms with Crippen LogP contribution in [0.2, 0.25) is 0 Å². The van der Waals surface area contributed by atoms with Gasteiger partial charge in [-0.2, -0.15) is 0 Å². The highest BCUT2D eigenvalue weighted by molar-refractivity contribution is 6.11. The van der Waals surface area contributed by atoms with E-state index in [1.807, 2.05) is 12.3 Å². The zero-order chi connectivity index (χ0) is 24.2. The molecule has 4 rings (SSSR count). The highest BCUT2D eigenvalue weighted by Crippen LogP contribution is 2.32. The molecule has 180 valence electrons. The van der Waals surface area contributed by atoms with Gasteiger partial charge in [0.2, 0.25) is 0 Å². The SMILES string of the molecule is C=C(F)/C=C(\C=C(/C)C(=O)NC1=NC(C(=N)N(C=N)C2CC2)CC=C1)n1cnc(CC2CC2)c1.[HH]. The number of halogens is 1. The van der Waals surface area contributed by atoms with Gasteiger partial charge in [0.15, 0.2) is 0 Å². The number of carbonyl (C=O) groups is 1. The highest BCUT2D eigenvalue weighted by atomic mass is 19.1. The Labute approximate surface area is 200 Å². The summed E-state index contributed by atoms with van der Waals surface area (Å²) >= 11 is 0. The number of amides is 1. The van der Waals surface area contributed by atoms with Crippen molar-refractivity contribution in [3.8, 4) is 0 Å². The Bertz CT molecular complexity index is 1120. The normalized spacial score (nSPS) is 20.5. The minimum Gasteiger partial charge on any atom is -0.317 e. The Hall–Kier alpha value is -3.62. The van der Waals surface area contributed by atoms with Crippen LogP contribution < -0.4 is 5.32 Å². The van der Waals surface area contributed by atoms with Crippen LogP contribution in [0.1, 0.15) is 46.1 Å². The van der Waals surface area contributed by atoms with E-state index in [0.717, 1.165) is 25.0 Å². The molecule has 1 atom stereocenters. The van der Waals surface area contributed by atoms with Crippen molar-refractivity contribution >= 4 is 29.6 Å². The van der Waals surface area contributed by atoms with Crippen LogP contribution in [-0.4, -0.2) is 50.5 Å². The van der Waals surface area contributed by atoms with E-state index in [0.29, 0.717) is 29.4 Å². The van der Waals surface area contributed by atoms with Crippen LogP contribution in [0.25, 0.3) is 5.70 Å². The molecule has 2 aliphatic carbocycles. The summed E-state index contributed by atoms with van der Waals surface area (Å²) in [6.07, 6.45) is 16.9. The number of allylic oxidation sites excluding steroid dienone is 4. The molecule has 34 heavy (non-hydrogen) atoms. The van der Waals surface area contributed by atoms with Crippen LogP contribution in [-0.2, 0) is 11.2 Å². The van der Waals surface area contributed by atoms with Gasteiger partial charge in [-0.15, -0.1) is 0 Å². The summed E-state index contributed by atoms with van der Waals surface area (Å²) in [5.41, 5.74) is 1.74. The predicted octanol–water partition coefficient (Wildman–Crippen LogP) is 4.24. The maximum atomic E-state index is 13.7. The van der Waals surface area contributed by atoms with Crippen molar-refractivity contribution in [3.63, 3.8) is 0 Å². The number of nitrogens with zero attached hydrogens (tertiary/aromatic N) is 4. The molecule has 8 nitrogen and oxygen atoms in total. The zero-order valence-corrected chi connectivity index (χ0v) is 19.3. The molecule has 9 heteroatoms. The molecule has 0 radical (unpaired) electrons. The third-order valence-electron chi connectivity index (χ3n) is 6.00.